The summed E-state index contributed by atoms with van der Waals surface area (Å²) in [6.07, 6.45) is 1.48. The SMILES string of the molecule is C[C@@]1(c2ccc3c(c2)OCO3)NC(=O)N(Cc2nnc(-c3ccco3)o2)C1=O. The van der Waals surface area contributed by atoms with Gasteiger partial charge in [-0.05, 0) is 36.8 Å². The van der Waals surface area contributed by atoms with Gasteiger partial charge >= 0.3 is 6.03 Å². The van der Waals surface area contributed by atoms with Gasteiger partial charge in [-0.1, -0.05) is 6.07 Å². The molecule has 10 nitrogen and oxygen atoms in total. The van der Waals surface area contributed by atoms with E-state index in [2.05, 4.69) is 15.5 Å². The summed E-state index contributed by atoms with van der Waals surface area (Å²) in [4.78, 5) is 26.5. The van der Waals surface area contributed by atoms with Crippen molar-refractivity contribution < 1.29 is 27.9 Å². The molecule has 1 saturated heterocycles. The molecule has 2 aromatic heterocycles. The number of ether oxygens (including phenoxy) is 2. The Morgan fingerprint density at radius 2 is 2.04 bits per heavy atom. The van der Waals surface area contributed by atoms with E-state index in [4.69, 9.17) is 18.3 Å². The molecule has 142 valence electrons. The third-order valence-electron chi connectivity index (χ3n) is 4.72. The van der Waals surface area contributed by atoms with Crippen molar-refractivity contribution in [2.75, 3.05) is 6.79 Å². The van der Waals surface area contributed by atoms with E-state index in [-0.39, 0.29) is 25.1 Å². The van der Waals surface area contributed by atoms with Crippen LogP contribution < -0.4 is 14.8 Å². The van der Waals surface area contributed by atoms with E-state index in [1.54, 1.807) is 37.3 Å². The third-order valence-corrected chi connectivity index (χ3v) is 4.72. The zero-order valence-electron chi connectivity index (χ0n) is 14.7. The summed E-state index contributed by atoms with van der Waals surface area (Å²) in [7, 11) is 0. The number of carbonyl (C=O) groups excluding carboxylic acids is 2. The highest BCUT2D eigenvalue weighted by Gasteiger charge is 2.49. The Morgan fingerprint density at radius 1 is 1.18 bits per heavy atom. The zero-order valence-corrected chi connectivity index (χ0v) is 14.7. The molecule has 4 heterocycles. The smallest absolute Gasteiger partial charge is 0.325 e. The zero-order chi connectivity index (χ0) is 19.3. The molecule has 10 heteroatoms. The maximum atomic E-state index is 13.0. The van der Waals surface area contributed by atoms with Gasteiger partial charge in [0.15, 0.2) is 17.3 Å². The number of aromatic nitrogens is 2. The van der Waals surface area contributed by atoms with E-state index in [9.17, 15) is 9.59 Å². The Labute approximate surface area is 158 Å². The molecule has 1 fully saturated rings. The topological polar surface area (TPSA) is 120 Å². The molecule has 0 aliphatic carbocycles. The van der Waals surface area contributed by atoms with Crippen molar-refractivity contribution in [1.82, 2.24) is 20.4 Å². The van der Waals surface area contributed by atoms with E-state index in [0.717, 1.165) is 4.90 Å². The quantitative estimate of drug-likeness (QED) is 0.681. The molecule has 0 spiro atoms. The Bertz CT molecular complexity index is 1080. The first kappa shape index (κ1) is 16.4. The highest BCUT2D eigenvalue weighted by atomic mass is 16.7. The molecule has 1 N–H and O–H groups in total. The second kappa shape index (κ2) is 5.84. The number of urea groups is 1. The third kappa shape index (κ3) is 2.42. The number of rotatable bonds is 4. The highest BCUT2D eigenvalue weighted by molar-refractivity contribution is 6.07. The van der Waals surface area contributed by atoms with Gasteiger partial charge < -0.3 is 23.6 Å². The van der Waals surface area contributed by atoms with Gasteiger partial charge in [-0.25, -0.2) is 4.79 Å². The van der Waals surface area contributed by atoms with Crippen LogP contribution in [-0.2, 0) is 16.9 Å². The lowest BCUT2D eigenvalue weighted by Gasteiger charge is -2.22. The van der Waals surface area contributed by atoms with Crippen LogP contribution in [-0.4, -0.2) is 33.8 Å². The molecule has 0 bridgehead atoms. The number of imide groups is 1. The summed E-state index contributed by atoms with van der Waals surface area (Å²) >= 11 is 0. The molecule has 28 heavy (non-hydrogen) atoms. The van der Waals surface area contributed by atoms with Gasteiger partial charge in [-0.3, -0.25) is 9.69 Å². The lowest BCUT2D eigenvalue weighted by Crippen LogP contribution is -2.40. The summed E-state index contributed by atoms with van der Waals surface area (Å²) in [5, 5.41) is 10.5. The number of amides is 3. The molecule has 3 amide bonds. The predicted octanol–water partition coefficient (Wildman–Crippen LogP) is 2.03. The number of furan rings is 1. The second-order valence-electron chi connectivity index (χ2n) is 6.49. The van der Waals surface area contributed by atoms with Crippen LogP contribution >= 0.6 is 0 Å². The first-order valence-corrected chi connectivity index (χ1v) is 8.45. The van der Waals surface area contributed by atoms with Gasteiger partial charge in [0, 0.05) is 0 Å². The minimum atomic E-state index is -1.25. The van der Waals surface area contributed by atoms with Crippen molar-refractivity contribution in [3.8, 4) is 23.1 Å². The normalized spacial score (nSPS) is 20.7. The lowest BCUT2D eigenvalue weighted by atomic mass is 9.91. The molecule has 0 unspecified atom stereocenters. The summed E-state index contributed by atoms with van der Waals surface area (Å²) in [6.45, 7) is 1.60. The van der Waals surface area contributed by atoms with Crippen molar-refractivity contribution in [1.29, 1.82) is 0 Å². The first-order valence-electron chi connectivity index (χ1n) is 8.45. The van der Waals surface area contributed by atoms with Crippen molar-refractivity contribution in [2.45, 2.75) is 19.0 Å². The van der Waals surface area contributed by atoms with Gasteiger partial charge in [-0.2, -0.15) is 0 Å². The van der Waals surface area contributed by atoms with Crippen LogP contribution in [0.15, 0.2) is 45.4 Å². The summed E-state index contributed by atoms with van der Waals surface area (Å²) < 4.78 is 21.3. The molecule has 0 saturated carbocycles. The fourth-order valence-corrected chi connectivity index (χ4v) is 3.20. The molecule has 1 atom stereocenters. The van der Waals surface area contributed by atoms with E-state index >= 15 is 0 Å². The summed E-state index contributed by atoms with van der Waals surface area (Å²) in [5.41, 5.74) is -0.665. The number of fused-ring (bicyclic) bond motifs is 1. The monoisotopic (exact) mass is 382 g/mol. The maximum absolute atomic E-state index is 13.0. The van der Waals surface area contributed by atoms with E-state index in [1.165, 1.54) is 6.26 Å². The van der Waals surface area contributed by atoms with Crippen LogP contribution in [0.3, 0.4) is 0 Å². The maximum Gasteiger partial charge on any atom is 0.325 e. The number of carbonyl (C=O) groups is 2. The van der Waals surface area contributed by atoms with Gasteiger partial charge in [-0.15, -0.1) is 10.2 Å². The fourth-order valence-electron chi connectivity index (χ4n) is 3.20. The van der Waals surface area contributed by atoms with Crippen molar-refractivity contribution in [3.05, 3.63) is 48.0 Å². The van der Waals surface area contributed by atoms with E-state index < -0.39 is 17.5 Å². The molecule has 2 aliphatic rings. The van der Waals surface area contributed by atoms with Crippen LogP contribution in [0, 0.1) is 0 Å². The van der Waals surface area contributed by atoms with Crippen LogP contribution in [0.25, 0.3) is 11.7 Å². The number of hydrogen-bond acceptors (Lipinski definition) is 8. The van der Waals surface area contributed by atoms with Crippen LogP contribution in [0.5, 0.6) is 11.5 Å². The average Bonchev–Trinajstić information content (AvgIpc) is 3.47. The highest BCUT2D eigenvalue weighted by Crippen LogP contribution is 2.38. The van der Waals surface area contributed by atoms with Crippen LogP contribution in [0.2, 0.25) is 0 Å². The average molecular weight is 382 g/mol. The predicted molar refractivity (Wildman–Crippen MR) is 91.0 cm³/mol. The minimum Gasteiger partial charge on any atom is -0.459 e. The van der Waals surface area contributed by atoms with Gasteiger partial charge in [0.1, 0.15) is 12.1 Å². The second-order valence-corrected chi connectivity index (χ2v) is 6.49. The van der Waals surface area contributed by atoms with Crippen molar-refractivity contribution in [2.24, 2.45) is 0 Å². The Balaban J connectivity index is 1.40. The molecule has 3 aromatic rings. The Kier molecular flexibility index (Phi) is 3.41. The summed E-state index contributed by atoms with van der Waals surface area (Å²) in [5.74, 6) is 1.38. The molecule has 5 rings (SSSR count). The number of nitrogens with one attached hydrogen (secondary N) is 1. The molecular weight excluding hydrogens is 368 g/mol. The van der Waals surface area contributed by atoms with Gasteiger partial charge in [0.2, 0.25) is 12.7 Å². The molecular formula is C18H14N4O6. The van der Waals surface area contributed by atoms with Crippen LogP contribution in [0.1, 0.15) is 18.4 Å². The van der Waals surface area contributed by atoms with Gasteiger partial charge in [0.25, 0.3) is 11.8 Å². The summed E-state index contributed by atoms with van der Waals surface area (Å²) in [6, 6.07) is 7.92. The van der Waals surface area contributed by atoms with E-state index in [1.807, 2.05) is 0 Å². The van der Waals surface area contributed by atoms with Crippen molar-refractivity contribution in [3.63, 3.8) is 0 Å². The van der Waals surface area contributed by atoms with Crippen LogP contribution in [0.4, 0.5) is 4.79 Å². The van der Waals surface area contributed by atoms with Crippen molar-refractivity contribution >= 4 is 11.9 Å². The lowest BCUT2D eigenvalue weighted by molar-refractivity contribution is -0.131. The minimum absolute atomic E-state index is 0.116. The molecule has 0 radical (unpaired) electrons. The molecule has 1 aromatic carbocycles. The number of nitrogens with zero attached hydrogens (tertiary/aromatic N) is 3. The standard InChI is InChI=1S/C18H14N4O6/c1-18(10-4-5-11-13(7-10)27-9-26-11)16(23)22(17(24)19-18)8-14-20-21-15(28-14)12-3-2-6-25-12/h2-7H,8-9H2,1H3,(H,19,24)/t18-/m0/s1. The largest absolute Gasteiger partial charge is 0.459 e. The Morgan fingerprint density at radius 3 is 2.86 bits per heavy atom. The number of hydrogen-bond donors (Lipinski definition) is 1. The fraction of sp³-hybridized carbons (Fsp3) is 0.222. The van der Waals surface area contributed by atoms with Gasteiger partial charge in [0.05, 0.1) is 6.26 Å². The Hall–Kier alpha value is -3.82. The number of benzene rings is 1. The molecule has 2 aliphatic heterocycles. The first-order chi connectivity index (χ1) is 13.5. The van der Waals surface area contributed by atoms with E-state index in [0.29, 0.717) is 22.8 Å².